The molecule has 1 fully saturated rings. The van der Waals surface area contributed by atoms with Gasteiger partial charge in [-0.3, -0.25) is 0 Å². The van der Waals surface area contributed by atoms with Crippen molar-refractivity contribution in [3.05, 3.63) is 26.7 Å². The van der Waals surface area contributed by atoms with Crippen molar-refractivity contribution in [1.29, 1.82) is 0 Å². The minimum absolute atomic E-state index is 0.168. The minimum atomic E-state index is -0.745. The Morgan fingerprint density at radius 2 is 2.50 bits per heavy atom. The summed E-state index contributed by atoms with van der Waals surface area (Å²) >= 11 is 7.29. The van der Waals surface area contributed by atoms with Crippen LogP contribution in [-0.4, -0.2) is 38.4 Å². The molecule has 0 radical (unpaired) electrons. The van der Waals surface area contributed by atoms with Crippen LogP contribution in [0, 0.1) is 10.1 Å². The van der Waals surface area contributed by atoms with E-state index in [0.29, 0.717) is 19.6 Å². The summed E-state index contributed by atoms with van der Waals surface area (Å²) in [4.78, 5) is 16.2. The number of nitrogens with zero attached hydrogens (tertiary/aromatic N) is 5. The third kappa shape index (κ3) is 2.39. The van der Waals surface area contributed by atoms with Crippen molar-refractivity contribution < 1.29 is 5.03 Å². The predicted octanol–water partition coefficient (Wildman–Crippen LogP) is 0.962. The average molecular weight is 262 g/mol. The van der Waals surface area contributed by atoms with Gasteiger partial charge in [-0.1, -0.05) is 0 Å². The fourth-order valence-electron chi connectivity index (χ4n) is 1.39. The van der Waals surface area contributed by atoms with Crippen LogP contribution in [0.5, 0.6) is 0 Å². The highest BCUT2D eigenvalue weighted by molar-refractivity contribution is 7.09. The first-order chi connectivity index (χ1) is 7.66. The van der Waals surface area contributed by atoms with Crippen LogP contribution in [0.1, 0.15) is 5.01 Å². The molecule has 0 aromatic carbocycles. The number of nitro groups is 1. The fraction of sp³-hybridized carbons (Fsp3) is 0.429. The summed E-state index contributed by atoms with van der Waals surface area (Å²) in [5, 5.41) is 15.6. The Morgan fingerprint density at radius 1 is 1.69 bits per heavy atom. The summed E-state index contributed by atoms with van der Waals surface area (Å²) < 4.78 is 1.25. The molecule has 9 heteroatoms. The van der Waals surface area contributed by atoms with Gasteiger partial charge >= 0.3 is 0 Å². The molecule has 0 spiro atoms. The minimum Gasteiger partial charge on any atom is -0.328 e. The zero-order valence-electron chi connectivity index (χ0n) is 8.11. The topological polar surface area (TPSA) is 74.9 Å². The Balaban J connectivity index is 2.12. The molecular weight excluding hydrogens is 254 g/mol. The molecule has 2 heterocycles. The molecule has 0 atom stereocenters. The monoisotopic (exact) mass is 261 g/mol. The Kier molecular flexibility index (Phi) is 3.20. The predicted molar refractivity (Wildman–Crippen MR) is 59.5 cm³/mol. The second-order valence-corrected chi connectivity index (χ2v) is 4.46. The Bertz CT molecular complexity index is 409. The van der Waals surface area contributed by atoms with Crippen molar-refractivity contribution in [3.8, 4) is 0 Å². The van der Waals surface area contributed by atoms with E-state index in [1.165, 1.54) is 15.8 Å². The Labute approximate surface area is 100 Å². The van der Waals surface area contributed by atoms with Crippen LogP contribution in [0.2, 0.25) is 0 Å². The number of guanidine groups is 1. The highest BCUT2D eigenvalue weighted by Gasteiger charge is 2.29. The van der Waals surface area contributed by atoms with E-state index in [9.17, 15) is 10.1 Å². The molecule has 1 aliphatic rings. The van der Waals surface area contributed by atoms with Gasteiger partial charge in [-0.25, -0.2) is 19.5 Å². The third-order valence-electron chi connectivity index (χ3n) is 2.05. The highest BCUT2D eigenvalue weighted by Crippen LogP contribution is 2.16. The van der Waals surface area contributed by atoms with Crippen molar-refractivity contribution >= 4 is 29.1 Å². The number of rotatable bonds is 3. The highest BCUT2D eigenvalue weighted by atomic mass is 35.5. The van der Waals surface area contributed by atoms with Gasteiger partial charge in [0.15, 0.2) is 5.03 Å². The van der Waals surface area contributed by atoms with Gasteiger partial charge in [0, 0.05) is 29.9 Å². The lowest BCUT2D eigenvalue weighted by Gasteiger charge is -2.14. The molecule has 0 saturated carbocycles. The number of halogens is 1. The number of aromatic nitrogens is 1. The largest absolute Gasteiger partial charge is 0.328 e. The standard InChI is InChI=1S/C7H8ClN5O2S/c8-12-3-2-11(7(12)10-13(14)15)5-6-9-1-4-16-6/h1,4H,2-3,5H2. The molecular formula is C7H8ClN5O2S. The zero-order chi connectivity index (χ0) is 11.5. The van der Waals surface area contributed by atoms with Gasteiger partial charge in [-0.2, -0.15) is 0 Å². The van der Waals surface area contributed by atoms with E-state index in [1.807, 2.05) is 5.38 Å². The SMILES string of the molecule is O=[N+]([O-])N=C1N(Cl)CCN1Cc1nccs1. The van der Waals surface area contributed by atoms with Gasteiger partial charge in [0.2, 0.25) is 0 Å². The van der Waals surface area contributed by atoms with Crippen molar-refractivity contribution in [2.75, 3.05) is 13.1 Å². The first-order valence-corrected chi connectivity index (χ1v) is 5.68. The van der Waals surface area contributed by atoms with E-state index < -0.39 is 5.03 Å². The Morgan fingerprint density at radius 3 is 3.12 bits per heavy atom. The zero-order valence-corrected chi connectivity index (χ0v) is 9.69. The van der Waals surface area contributed by atoms with Crippen molar-refractivity contribution in [3.63, 3.8) is 0 Å². The lowest BCUT2D eigenvalue weighted by atomic mass is 10.5. The lowest BCUT2D eigenvalue weighted by Crippen LogP contribution is -2.29. The molecule has 0 aliphatic carbocycles. The van der Waals surface area contributed by atoms with Gasteiger partial charge in [-0.05, 0) is 0 Å². The molecule has 2 rings (SSSR count). The van der Waals surface area contributed by atoms with Crippen LogP contribution in [0.25, 0.3) is 0 Å². The maximum absolute atomic E-state index is 10.3. The quantitative estimate of drug-likeness (QED) is 0.460. The molecule has 1 aromatic heterocycles. The van der Waals surface area contributed by atoms with E-state index in [2.05, 4.69) is 10.1 Å². The summed E-state index contributed by atoms with van der Waals surface area (Å²) in [6.45, 7) is 1.61. The van der Waals surface area contributed by atoms with E-state index in [-0.39, 0.29) is 5.96 Å². The maximum atomic E-state index is 10.3. The average Bonchev–Trinajstić information content (AvgIpc) is 2.82. The summed E-state index contributed by atoms with van der Waals surface area (Å²) in [7, 11) is 0. The molecule has 1 aromatic rings. The molecule has 16 heavy (non-hydrogen) atoms. The van der Waals surface area contributed by atoms with Gasteiger partial charge in [0.1, 0.15) is 10.1 Å². The van der Waals surface area contributed by atoms with Gasteiger partial charge < -0.3 is 4.90 Å². The number of thiazole rings is 1. The summed E-state index contributed by atoms with van der Waals surface area (Å²) in [6.07, 6.45) is 1.69. The number of hydrogen-bond donors (Lipinski definition) is 0. The van der Waals surface area contributed by atoms with E-state index in [1.54, 1.807) is 11.1 Å². The van der Waals surface area contributed by atoms with Gasteiger partial charge in [0.05, 0.1) is 13.1 Å². The van der Waals surface area contributed by atoms with Crippen LogP contribution >= 0.6 is 23.1 Å². The van der Waals surface area contributed by atoms with E-state index >= 15 is 0 Å². The van der Waals surface area contributed by atoms with Crippen molar-refractivity contribution in [2.45, 2.75) is 6.54 Å². The second-order valence-electron chi connectivity index (χ2n) is 3.07. The second kappa shape index (κ2) is 4.62. The summed E-state index contributed by atoms with van der Waals surface area (Å²) in [5.41, 5.74) is 0. The molecule has 7 nitrogen and oxygen atoms in total. The molecule has 0 amide bonds. The number of hydrogen-bond acceptors (Lipinski definition) is 4. The first kappa shape index (κ1) is 11.1. The van der Waals surface area contributed by atoms with Crippen LogP contribution in [0.4, 0.5) is 0 Å². The first-order valence-electron chi connectivity index (χ1n) is 4.46. The molecule has 86 valence electrons. The smallest absolute Gasteiger partial charge is 0.289 e. The molecule has 0 N–H and O–H groups in total. The third-order valence-corrected chi connectivity index (χ3v) is 3.13. The molecule has 1 saturated heterocycles. The molecule has 0 unspecified atom stereocenters. The molecule has 1 aliphatic heterocycles. The normalized spacial score (nSPS) is 18.4. The maximum Gasteiger partial charge on any atom is 0.289 e. The summed E-state index contributed by atoms with van der Waals surface area (Å²) in [6, 6.07) is 0. The number of hydrazone groups is 1. The Hall–Kier alpha value is -1.41. The summed E-state index contributed by atoms with van der Waals surface area (Å²) in [5.74, 6) is 0.168. The van der Waals surface area contributed by atoms with E-state index in [4.69, 9.17) is 11.8 Å². The van der Waals surface area contributed by atoms with Gasteiger partial charge in [0.25, 0.3) is 5.96 Å². The van der Waals surface area contributed by atoms with Gasteiger partial charge in [-0.15, -0.1) is 11.3 Å². The fourth-order valence-corrected chi connectivity index (χ4v) is 2.24. The van der Waals surface area contributed by atoms with Crippen LogP contribution < -0.4 is 0 Å². The van der Waals surface area contributed by atoms with Crippen LogP contribution in [0.3, 0.4) is 0 Å². The van der Waals surface area contributed by atoms with Crippen LogP contribution in [0.15, 0.2) is 16.7 Å². The van der Waals surface area contributed by atoms with Crippen LogP contribution in [-0.2, 0) is 6.54 Å². The van der Waals surface area contributed by atoms with Crippen molar-refractivity contribution in [1.82, 2.24) is 14.3 Å². The van der Waals surface area contributed by atoms with E-state index in [0.717, 1.165) is 5.01 Å². The lowest BCUT2D eigenvalue weighted by molar-refractivity contribution is -0.486. The molecule has 0 bridgehead atoms. The van der Waals surface area contributed by atoms with Crippen molar-refractivity contribution in [2.24, 2.45) is 5.10 Å².